The molecule has 1 amide bonds. The van der Waals surface area contributed by atoms with Crippen molar-refractivity contribution in [1.82, 2.24) is 10.3 Å². The Hall–Kier alpha value is -3.74. The molecule has 0 unspecified atom stereocenters. The second-order valence-corrected chi connectivity index (χ2v) is 8.47. The largest absolute Gasteiger partial charge is 0.436 e. The number of amides is 1. The van der Waals surface area contributed by atoms with Crippen LogP contribution in [-0.2, 0) is 0 Å². The van der Waals surface area contributed by atoms with Gasteiger partial charge in [-0.2, -0.15) is 0 Å². The normalized spacial score (nSPS) is 11.0. The third-order valence-electron chi connectivity index (χ3n) is 5.24. The van der Waals surface area contributed by atoms with Gasteiger partial charge in [0, 0.05) is 11.3 Å². The van der Waals surface area contributed by atoms with Crippen LogP contribution >= 0.6 is 23.8 Å². The Morgan fingerprint density at radius 1 is 0.970 bits per heavy atom. The summed E-state index contributed by atoms with van der Waals surface area (Å²) in [5.41, 5.74) is 4.33. The number of hydrogen-bond acceptors (Lipinski definition) is 4. The van der Waals surface area contributed by atoms with Crippen molar-refractivity contribution in [1.29, 1.82) is 0 Å². The SMILES string of the molecule is Cc1ccc2nc(-c3cc(NC(=S)NC(=O)c4ccc5ccccc5c4)ccc3Cl)oc2c1. The molecule has 7 heteroatoms. The molecule has 0 bridgehead atoms. The number of thiocarbonyl (C=S) groups is 1. The molecule has 5 nitrogen and oxygen atoms in total. The van der Waals surface area contributed by atoms with Gasteiger partial charge >= 0.3 is 0 Å². The number of aryl methyl sites for hydroxylation is 1. The molecular formula is C26H18ClN3O2S. The number of nitrogens with one attached hydrogen (secondary N) is 2. The number of fused-ring (bicyclic) bond motifs is 2. The van der Waals surface area contributed by atoms with Gasteiger partial charge in [0.15, 0.2) is 10.7 Å². The standard InChI is InChI=1S/C26H18ClN3O2S/c1-15-6-11-22-23(12-15)32-25(29-22)20-14-19(9-10-21(20)27)28-26(33)30-24(31)18-8-7-16-4-2-3-5-17(16)13-18/h2-14H,1H3,(H2,28,30,31,33). The fourth-order valence-electron chi connectivity index (χ4n) is 3.58. The fourth-order valence-corrected chi connectivity index (χ4v) is 3.99. The maximum atomic E-state index is 12.7. The van der Waals surface area contributed by atoms with E-state index in [9.17, 15) is 4.79 Å². The van der Waals surface area contributed by atoms with Crippen LogP contribution in [0.4, 0.5) is 5.69 Å². The highest BCUT2D eigenvalue weighted by atomic mass is 35.5. The van der Waals surface area contributed by atoms with E-state index in [-0.39, 0.29) is 11.0 Å². The van der Waals surface area contributed by atoms with E-state index in [1.807, 2.05) is 61.5 Å². The summed E-state index contributed by atoms with van der Waals surface area (Å²) in [6.07, 6.45) is 0. The number of oxazole rings is 1. The molecule has 0 spiro atoms. The maximum Gasteiger partial charge on any atom is 0.257 e. The summed E-state index contributed by atoms with van der Waals surface area (Å²) >= 11 is 11.8. The van der Waals surface area contributed by atoms with Crippen LogP contribution in [0.2, 0.25) is 5.02 Å². The van der Waals surface area contributed by atoms with Crippen molar-refractivity contribution in [3.05, 3.63) is 95.0 Å². The molecule has 2 N–H and O–H groups in total. The molecule has 0 radical (unpaired) electrons. The Bertz CT molecular complexity index is 1540. The van der Waals surface area contributed by atoms with Crippen LogP contribution in [0.1, 0.15) is 15.9 Å². The van der Waals surface area contributed by atoms with Gasteiger partial charge in [0.1, 0.15) is 5.52 Å². The number of nitrogens with zero attached hydrogens (tertiary/aromatic N) is 1. The molecule has 0 atom stereocenters. The molecule has 0 fully saturated rings. The third kappa shape index (κ3) is 4.44. The number of hydrogen-bond donors (Lipinski definition) is 2. The monoisotopic (exact) mass is 471 g/mol. The van der Waals surface area contributed by atoms with E-state index < -0.39 is 0 Å². The van der Waals surface area contributed by atoms with Gasteiger partial charge in [-0.1, -0.05) is 48.0 Å². The van der Waals surface area contributed by atoms with Crippen molar-refractivity contribution >= 4 is 62.4 Å². The van der Waals surface area contributed by atoms with E-state index in [1.165, 1.54) is 0 Å². The molecule has 162 valence electrons. The minimum absolute atomic E-state index is 0.176. The second-order valence-electron chi connectivity index (χ2n) is 7.66. The Labute approximate surface area is 200 Å². The number of carbonyl (C=O) groups excluding carboxylic acids is 1. The van der Waals surface area contributed by atoms with Crippen LogP contribution in [-0.4, -0.2) is 16.0 Å². The summed E-state index contributed by atoms with van der Waals surface area (Å²) in [7, 11) is 0. The summed E-state index contributed by atoms with van der Waals surface area (Å²) in [4.78, 5) is 17.2. The van der Waals surface area contributed by atoms with Gasteiger partial charge < -0.3 is 9.73 Å². The van der Waals surface area contributed by atoms with Crippen LogP contribution in [0.15, 0.2) is 83.3 Å². The Morgan fingerprint density at radius 3 is 2.64 bits per heavy atom. The molecule has 5 rings (SSSR count). The zero-order chi connectivity index (χ0) is 22.9. The van der Waals surface area contributed by atoms with Crippen molar-refractivity contribution < 1.29 is 9.21 Å². The van der Waals surface area contributed by atoms with Crippen molar-refractivity contribution in [2.45, 2.75) is 6.92 Å². The smallest absolute Gasteiger partial charge is 0.257 e. The van der Waals surface area contributed by atoms with E-state index in [1.54, 1.807) is 24.3 Å². The van der Waals surface area contributed by atoms with Gasteiger partial charge in [-0.05, 0) is 77.9 Å². The van der Waals surface area contributed by atoms with E-state index in [0.717, 1.165) is 21.9 Å². The zero-order valence-corrected chi connectivity index (χ0v) is 19.1. The molecule has 0 aliphatic carbocycles. The zero-order valence-electron chi connectivity index (χ0n) is 17.6. The first-order valence-electron chi connectivity index (χ1n) is 10.2. The van der Waals surface area contributed by atoms with Crippen LogP contribution in [0, 0.1) is 6.92 Å². The van der Waals surface area contributed by atoms with Gasteiger partial charge in [0.25, 0.3) is 5.91 Å². The molecule has 1 aromatic heterocycles. The van der Waals surface area contributed by atoms with Crippen molar-refractivity contribution in [2.24, 2.45) is 0 Å². The maximum absolute atomic E-state index is 12.7. The molecule has 0 aliphatic rings. The predicted octanol–water partition coefficient (Wildman–Crippen LogP) is 6.74. The minimum Gasteiger partial charge on any atom is -0.436 e. The summed E-state index contributed by atoms with van der Waals surface area (Å²) < 4.78 is 5.91. The molecule has 0 aliphatic heterocycles. The number of anilines is 1. The van der Waals surface area contributed by atoms with Gasteiger partial charge in [0.2, 0.25) is 5.89 Å². The van der Waals surface area contributed by atoms with E-state index >= 15 is 0 Å². The Kier molecular flexibility index (Phi) is 5.54. The van der Waals surface area contributed by atoms with Crippen molar-refractivity contribution in [3.63, 3.8) is 0 Å². The highest BCUT2D eigenvalue weighted by molar-refractivity contribution is 7.80. The topological polar surface area (TPSA) is 67.2 Å². The lowest BCUT2D eigenvalue weighted by atomic mass is 10.1. The molecule has 0 saturated carbocycles. The number of halogens is 1. The van der Waals surface area contributed by atoms with E-state index in [0.29, 0.717) is 33.3 Å². The average molecular weight is 472 g/mol. The highest BCUT2D eigenvalue weighted by Crippen LogP contribution is 2.32. The molecule has 33 heavy (non-hydrogen) atoms. The summed E-state index contributed by atoms with van der Waals surface area (Å²) in [6, 6.07) is 24.5. The highest BCUT2D eigenvalue weighted by Gasteiger charge is 2.14. The lowest BCUT2D eigenvalue weighted by Crippen LogP contribution is -2.34. The lowest BCUT2D eigenvalue weighted by molar-refractivity contribution is 0.0978. The van der Waals surface area contributed by atoms with Gasteiger partial charge in [0.05, 0.1) is 10.6 Å². The Morgan fingerprint density at radius 2 is 1.79 bits per heavy atom. The summed E-state index contributed by atoms with van der Waals surface area (Å²) in [5.74, 6) is 0.122. The van der Waals surface area contributed by atoms with Crippen LogP contribution in [0.5, 0.6) is 0 Å². The van der Waals surface area contributed by atoms with Crippen molar-refractivity contribution in [3.8, 4) is 11.5 Å². The number of aromatic nitrogens is 1. The lowest BCUT2D eigenvalue weighted by Gasteiger charge is -2.11. The van der Waals surface area contributed by atoms with Crippen LogP contribution < -0.4 is 10.6 Å². The second kappa shape index (κ2) is 8.65. The predicted molar refractivity (Wildman–Crippen MR) is 137 cm³/mol. The van der Waals surface area contributed by atoms with Crippen molar-refractivity contribution in [2.75, 3.05) is 5.32 Å². The first-order chi connectivity index (χ1) is 16.0. The third-order valence-corrected chi connectivity index (χ3v) is 5.77. The first-order valence-corrected chi connectivity index (χ1v) is 11.0. The molecule has 1 heterocycles. The van der Waals surface area contributed by atoms with E-state index in [2.05, 4.69) is 15.6 Å². The fraction of sp³-hybridized carbons (Fsp3) is 0.0385. The van der Waals surface area contributed by atoms with Gasteiger partial charge in [-0.25, -0.2) is 4.98 Å². The minimum atomic E-state index is -0.290. The van der Waals surface area contributed by atoms with Gasteiger partial charge in [-0.3, -0.25) is 10.1 Å². The molecule has 0 saturated heterocycles. The molecule has 4 aromatic carbocycles. The van der Waals surface area contributed by atoms with E-state index in [4.69, 9.17) is 28.2 Å². The van der Waals surface area contributed by atoms with Crippen LogP contribution in [0.25, 0.3) is 33.3 Å². The summed E-state index contributed by atoms with van der Waals surface area (Å²) in [5, 5.41) is 8.48. The first kappa shape index (κ1) is 21.1. The quantitative estimate of drug-likeness (QED) is 0.285. The number of rotatable bonds is 3. The number of carbonyl (C=O) groups is 1. The Balaban J connectivity index is 1.34. The summed E-state index contributed by atoms with van der Waals surface area (Å²) in [6.45, 7) is 1.99. The average Bonchev–Trinajstić information content (AvgIpc) is 3.22. The molecule has 5 aromatic rings. The molecular weight excluding hydrogens is 454 g/mol. The number of benzene rings is 4. The van der Waals surface area contributed by atoms with Gasteiger partial charge in [-0.15, -0.1) is 0 Å². The van der Waals surface area contributed by atoms with Crippen LogP contribution in [0.3, 0.4) is 0 Å².